The van der Waals surface area contributed by atoms with Crippen LogP contribution in [0, 0.1) is 0 Å². The monoisotopic (exact) mass is 300 g/mol. The molecule has 0 aliphatic carbocycles. The number of carbonyl (C=O) groups is 1. The van der Waals surface area contributed by atoms with Crippen LogP contribution < -0.4 is 9.47 Å². The van der Waals surface area contributed by atoms with Gasteiger partial charge >= 0.3 is 5.97 Å². The van der Waals surface area contributed by atoms with E-state index in [4.69, 9.17) is 14.2 Å². The summed E-state index contributed by atoms with van der Waals surface area (Å²) in [6.07, 6.45) is 0.118. The first kappa shape index (κ1) is 15.9. The van der Waals surface area contributed by atoms with Gasteiger partial charge in [0.15, 0.2) is 0 Å². The molecule has 0 N–H and O–H groups in total. The van der Waals surface area contributed by atoms with E-state index in [0.717, 1.165) is 17.1 Å². The minimum Gasteiger partial charge on any atom is -0.491 e. The largest absolute Gasteiger partial charge is 0.491 e. The lowest BCUT2D eigenvalue weighted by atomic mass is 10.1. The SMILES string of the molecule is COC(=O)c1cccc(COc2cccc(OC(C)C)c2)c1. The average molecular weight is 300 g/mol. The van der Waals surface area contributed by atoms with Crippen molar-refractivity contribution in [1.82, 2.24) is 0 Å². The first-order valence-corrected chi connectivity index (χ1v) is 7.15. The number of benzene rings is 2. The highest BCUT2D eigenvalue weighted by Gasteiger charge is 2.06. The Morgan fingerprint density at radius 2 is 1.77 bits per heavy atom. The van der Waals surface area contributed by atoms with E-state index in [1.54, 1.807) is 12.1 Å². The van der Waals surface area contributed by atoms with Crippen LogP contribution in [0.15, 0.2) is 48.5 Å². The van der Waals surface area contributed by atoms with E-state index in [-0.39, 0.29) is 12.1 Å². The van der Waals surface area contributed by atoms with Crippen LogP contribution in [0.4, 0.5) is 0 Å². The number of methoxy groups -OCH3 is 1. The number of rotatable bonds is 6. The van der Waals surface area contributed by atoms with Gasteiger partial charge in [-0.05, 0) is 43.7 Å². The summed E-state index contributed by atoms with van der Waals surface area (Å²) in [5, 5.41) is 0. The molecule has 0 spiro atoms. The van der Waals surface area contributed by atoms with Crippen molar-refractivity contribution < 1.29 is 19.0 Å². The molecule has 2 aromatic rings. The molecule has 116 valence electrons. The van der Waals surface area contributed by atoms with Crippen molar-refractivity contribution in [3.05, 3.63) is 59.7 Å². The van der Waals surface area contributed by atoms with Crippen LogP contribution in [0.3, 0.4) is 0 Å². The smallest absolute Gasteiger partial charge is 0.337 e. The Hall–Kier alpha value is -2.49. The molecular weight excluding hydrogens is 280 g/mol. The second-order valence-electron chi connectivity index (χ2n) is 5.12. The summed E-state index contributed by atoms with van der Waals surface area (Å²) < 4.78 is 16.1. The number of hydrogen-bond acceptors (Lipinski definition) is 4. The molecule has 0 radical (unpaired) electrons. The Morgan fingerprint density at radius 1 is 1.05 bits per heavy atom. The van der Waals surface area contributed by atoms with Crippen molar-refractivity contribution in [2.75, 3.05) is 7.11 Å². The van der Waals surface area contributed by atoms with Crippen molar-refractivity contribution >= 4 is 5.97 Å². The van der Waals surface area contributed by atoms with Gasteiger partial charge in [0.2, 0.25) is 0 Å². The maximum absolute atomic E-state index is 11.5. The quantitative estimate of drug-likeness (QED) is 0.760. The molecule has 0 amide bonds. The highest BCUT2D eigenvalue weighted by molar-refractivity contribution is 5.89. The molecule has 0 atom stereocenters. The molecule has 0 fully saturated rings. The minimum absolute atomic E-state index is 0.118. The predicted molar refractivity (Wildman–Crippen MR) is 84.3 cm³/mol. The Morgan fingerprint density at radius 3 is 2.50 bits per heavy atom. The number of ether oxygens (including phenoxy) is 3. The Labute approximate surface area is 130 Å². The summed E-state index contributed by atoms with van der Waals surface area (Å²) >= 11 is 0. The number of hydrogen-bond donors (Lipinski definition) is 0. The van der Waals surface area contributed by atoms with Crippen LogP contribution in [-0.4, -0.2) is 19.2 Å². The standard InChI is InChI=1S/C18H20O4/c1-13(2)22-17-9-5-8-16(11-17)21-12-14-6-4-7-15(10-14)18(19)20-3/h4-11,13H,12H2,1-3H3. The van der Waals surface area contributed by atoms with Crippen LogP contribution in [0.1, 0.15) is 29.8 Å². The maximum atomic E-state index is 11.5. The zero-order chi connectivity index (χ0) is 15.9. The van der Waals surface area contributed by atoms with Gasteiger partial charge in [-0.3, -0.25) is 0 Å². The highest BCUT2D eigenvalue weighted by Crippen LogP contribution is 2.21. The van der Waals surface area contributed by atoms with E-state index in [1.807, 2.05) is 50.2 Å². The van der Waals surface area contributed by atoms with Crippen LogP contribution in [0.5, 0.6) is 11.5 Å². The lowest BCUT2D eigenvalue weighted by molar-refractivity contribution is 0.0600. The zero-order valence-corrected chi connectivity index (χ0v) is 13.0. The van der Waals surface area contributed by atoms with Crippen molar-refractivity contribution in [2.24, 2.45) is 0 Å². The zero-order valence-electron chi connectivity index (χ0n) is 13.0. The summed E-state index contributed by atoms with van der Waals surface area (Å²) in [7, 11) is 1.37. The van der Waals surface area contributed by atoms with Crippen LogP contribution in [-0.2, 0) is 11.3 Å². The van der Waals surface area contributed by atoms with Crippen molar-refractivity contribution in [2.45, 2.75) is 26.6 Å². The first-order valence-electron chi connectivity index (χ1n) is 7.15. The Bertz CT molecular complexity index is 634. The van der Waals surface area contributed by atoms with Gasteiger partial charge < -0.3 is 14.2 Å². The number of esters is 1. The van der Waals surface area contributed by atoms with Gasteiger partial charge in [0.05, 0.1) is 18.8 Å². The van der Waals surface area contributed by atoms with E-state index in [9.17, 15) is 4.79 Å². The second kappa shape index (κ2) is 7.50. The molecule has 0 aliphatic heterocycles. The molecular formula is C18H20O4. The van der Waals surface area contributed by atoms with Gasteiger partial charge in [-0.25, -0.2) is 4.79 Å². The summed E-state index contributed by atoms with van der Waals surface area (Å²) in [6, 6.07) is 14.7. The molecule has 22 heavy (non-hydrogen) atoms. The number of carbonyl (C=O) groups excluding carboxylic acids is 1. The molecule has 4 heteroatoms. The summed E-state index contributed by atoms with van der Waals surface area (Å²) in [6.45, 7) is 4.33. The first-order chi connectivity index (χ1) is 10.6. The van der Waals surface area contributed by atoms with Crippen molar-refractivity contribution in [3.63, 3.8) is 0 Å². The van der Waals surface area contributed by atoms with Crippen LogP contribution >= 0.6 is 0 Å². The van der Waals surface area contributed by atoms with E-state index >= 15 is 0 Å². The lowest BCUT2D eigenvalue weighted by Gasteiger charge is -2.12. The third-order valence-electron chi connectivity index (χ3n) is 2.93. The molecule has 4 nitrogen and oxygen atoms in total. The Balaban J connectivity index is 2.02. The van der Waals surface area contributed by atoms with Gasteiger partial charge in [-0.2, -0.15) is 0 Å². The summed E-state index contributed by atoms with van der Waals surface area (Å²) in [4.78, 5) is 11.5. The predicted octanol–water partition coefficient (Wildman–Crippen LogP) is 3.84. The molecule has 0 heterocycles. The molecule has 0 saturated heterocycles. The third kappa shape index (κ3) is 4.52. The molecule has 0 saturated carbocycles. The fraction of sp³-hybridized carbons (Fsp3) is 0.278. The molecule has 2 aromatic carbocycles. The topological polar surface area (TPSA) is 44.8 Å². The summed E-state index contributed by atoms with van der Waals surface area (Å²) in [5.74, 6) is 1.15. The van der Waals surface area contributed by atoms with Gasteiger partial charge in [-0.1, -0.05) is 18.2 Å². The fourth-order valence-electron chi connectivity index (χ4n) is 1.98. The summed E-state index contributed by atoms with van der Waals surface area (Å²) in [5.41, 5.74) is 1.42. The van der Waals surface area contributed by atoms with Crippen LogP contribution in [0.25, 0.3) is 0 Å². The average Bonchev–Trinajstić information content (AvgIpc) is 2.52. The maximum Gasteiger partial charge on any atom is 0.337 e. The van der Waals surface area contributed by atoms with Crippen LogP contribution in [0.2, 0.25) is 0 Å². The molecule has 2 rings (SSSR count). The normalized spacial score (nSPS) is 10.4. The highest BCUT2D eigenvalue weighted by atomic mass is 16.5. The molecule has 0 bridgehead atoms. The van der Waals surface area contributed by atoms with Gasteiger partial charge in [0.1, 0.15) is 18.1 Å². The van der Waals surface area contributed by atoms with Gasteiger partial charge in [0, 0.05) is 6.07 Å². The fourth-order valence-corrected chi connectivity index (χ4v) is 1.98. The second-order valence-corrected chi connectivity index (χ2v) is 5.12. The molecule has 0 unspecified atom stereocenters. The van der Waals surface area contributed by atoms with Crippen molar-refractivity contribution in [1.29, 1.82) is 0 Å². The van der Waals surface area contributed by atoms with E-state index in [2.05, 4.69) is 0 Å². The third-order valence-corrected chi connectivity index (χ3v) is 2.93. The van der Waals surface area contributed by atoms with E-state index < -0.39 is 0 Å². The van der Waals surface area contributed by atoms with E-state index in [1.165, 1.54) is 7.11 Å². The Kier molecular flexibility index (Phi) is 5.42. The van der Waals surface area contributed by atoms with Gasteiger partial charge in [0.25, 0.3) is 0 Å². The molecule has 0 aliphatic rings. The lowest BCUT2D eigenvalue weighted by Crippen LogP contribution is -2.05. The van der Waals surface area contributed by atoms with Crippen molar-refractivity contribution in [3.8, 4) is 11.5 Å². The molecule has 0 aromatic heterocycles. The van der Waals surface area contributed by atoms with E-state index in [0.29, 0.717) is 12.2 Å². The van der Waals surface area contributed by atoms with Gasteiger partial charge in [-0.15, -0.1) is 0 Å². The minimum atomic E-state index is -0.353.